The van der Waals surface area contributed by atoms with Crippen LogP contribution in [0, 0.1) is 0 Å². The second kappa shape index (κ2) is 12.2. The summed E-state index contributed by atoms with van der Waals surface area (Å²) in [7, 11) is 0. The third kappa shape index (κ3) is 4.81. The van der Waals surface area contributed by atoms with Crippen LogP contribution in [0.4, 0.5) is 17.1 Å². The molecule has 0 saturated carbocycles. The number of para-hydroxylation sites is 1. The molecule has 0 aliphatic rings. The van der Waals surface area contributed by atoms with Gasteiger partial charge in [0.25, 0.3) is 0 Å². The lowest BCUT2D eigenvalue weighted by Crippen LogP contribution is -2.10. The van der Waals surface area contributed by atoms with Crippen LogP contribution in [0.15, 0.2) is 205 Å². The van der Waals surface area contributed by atoms with E-state index in [0.717, 1.165) is 39.0 Å². The highest BCUT2D eigenvalue weighted by Crippen LogP contribution is 2.44. The zero-order chi connectivity index (χ0) is 35.6. The molecule has 0 aliphatic heterocycles. The van der Waals surface area contributed by atoms with Crippen molar-refractivity contribution >= 4 is 82.1 Å². The van der Waals surface area contributed by atoms with Crippen LogP contribution in [0.1, 0.15) is 0 Å². The van der Waals surface area contributed by atoms with E-state index >= 15 is 0 Å². The van der Waals surface area contributed by atoms with Crippen LogP contribution in [-0.2, 0) is 0 Å². The van der Waals surface area contributed by atoms with Crippen molar-refractivity contribution in [1.29, 1.82) is 0 Å². The molecular formula is C52H33NO. The number of fused-ring (bicyclic) bond motifs is 9. The van der Waals surface area contributed by atoms with Crippen LogP contribution in [0.2, 0.25) is 0 Å². The number of hydrogen-bond acceptors (Lipinski definition) is 2. The second-order valence-corrected chi connectivity index (χ2v) is 14.1. The van der Waals surface area contributed by atoms with Crippen molar-refractivity contribution in [3.63, 3.8) is 0 Å². The molecule has 1 heterocycles. The highest BCUT2D eigenvalue weighted by molar-refractivity contribution is 6.15. The monoisotopic (exact) mass is 687 g/mol. The molecule has 0 spiro atoms. The third-order valence-corrected chi connectivity index (χ3v) is 11.1. The Balaban J connectivity index is 1.06. The van der Waals surface area contributed by atoms with Crippen molar-refractivity contribution in [2.45, 2.75) is 0 Å². The first-order valence-corrected chi connectivity index (χ1v) is 18.5. The van der Waals surface area contributed by atoms with E-state index < -0.39 is 0 Å². The topological polar surface area (TPSA) is 16.4 Å². The molecule has 0 aliphatic carbocycles. The molecule has 11 rings (SSSR count). The predicted octanol–water partition coefficient (Wildman–Crippen LogP) is 15.0. The van der Waals surface area contributed by atoms with E-state index in [4.69, 9.17) is 4.42 Å². The number of furan rings is 1. The van der Waals surface area contributed by atoms with Crippen LogP contribution in [0.3, 0.4) is 0 Å². The van der Waals surface area contributed by atoms with E-state index in [1.807, 2.05) is 12.1 Å². The summed E-state index contributed by atoms with van der Waals surface area (Å²) < 4.78 is 6.39. The predicted molar refractivity (Wildman–Crippen MR) is 229 cm³/mol. The molecule has 0 amide bonds. The Morgan fingerprint density at radius 1 is 0.296 bits per heavy atom. The molecular weight excluding hydrogens is 655 g/mol. The van der Waals surface area contributed by atoms with Gasteiger partial charge in [-0.1, -0.05) is 158 Å². The van der Waals surface area contributed by atoms with Crippen LogP contribution >= 0.6 is 0 Å². The molecule has 1 aromatic heterocycles. The smallest absolute Gasteiger partial charge is 0.137 e. The Hall–Kier alpha value is -7.16. The van der Waals surface area contributed by atoms with Crippen LogP contribution in [0.5, 0.6) is 0 Å². The van der Waals surface area contributed by atoms with E-state index in [-0.39, 0.29) is 0 Å². The van der Waals surface area contributed by atoms with Gasteiger partial charge >= 0.3 is 0 Å². The Bertz CT molecular complexity index is 3050. The quantitative estimate of drug-likeness (QED) is 0.168. The summed E-state index contributed by atoms with van der Waals surface area (Å²) in [6.07, 6.45) is 0. The molecule has 54 heavy (non-hydrogen) atoms. The zero-order valence-electron chi connectivity index (χ0n) is 29.4. The van der Waals surface area contributed by atoms with Gasteiger partial charge in [0.15, 0.2) is 0 Å². The summed E-state index contributed by atoms with van der Waals surface area (Å²) in [5, 5.41) is 12.3. The number of anilines is 3. The van der Waals surface area contributed by atoms with E-state index in [1.54, 1.807) is 0 Å². The molecule has 0 atom stereocenters. The Morgan fingerprint density at radius 3 is 1.33 bits per heavy atom. The molecule has 0 N–H and O–H groups in total. The minimum atomic E-state index is 0.873. The van der Waals surface area contributed by atoms with Gasteiger partial charge in [0.05, 0.1) is 11.1 Å². The SMILES string of the molecule is c1ccc2c(c1)ccc1c(-c3ccc(N(c4ccc(-c5cccc6c5ccc5ccccc56)cc4)c4cccc5oc6ccccc6c45)cc3)cccc12. The van der Waals surface area contributed by atoms with Gasteiger partial charge in [0, 0.05) is 16.8 Å². The van der Waals surface area contributed by atoms with Crippen molar-refractivity contribution in [3.8, 4) is 22.3 Å². The standard InChI is InChI=1S/C52H33NO/c1-3-12-40-34(10-1)26-32-46-42(15-7-17-44(40)46)36-22-28-38(29-23-36)53(49-19-9-21-51-52(49)48-14-5-6-20-50(48)54-51)39-30-24-37(25-31-39)43-16-8-18-45-41-13-4-2-11-35(41)27-33-47(43)45/h1-33H. The summed E-state index contributed by atoms with van der Waals surface area (Å²) in [5.74, 6) is 0. The van der Waals surface area contributed by atoms with Gasteiger partial charge in [-0.3, -0.25) is 0 Å². The first-order chi connectivity index (χ1) is 26.8. The Labute approximate surface area is 312 Å². The number of nitrogens with zero attached hydrogens (tertiary/aromatic N) is 1. The molecule has 2 heteroatoms. The van der Waals surface area contributed by atoms with Crippen molar-refractivity contribution in [1.82, 2.24) is 0 Å². The summed E-state index contributed by atoms with van der Waals surface area (Å²) in [6.45, 7) is 0. The fourth-order valence-electron chi connectivity index (χ4n) is 8.53. The lowest BCUT2D eigenvalue weighted by atomic mass is 9.94. The average molecular weight is 688 g/mol. The second-order valence-electron chi connectivity index (χ2n) is 14.1. The number of hydrogen-bond donors (Lipinski definition) is 0. The first kappa shape index (κ1) is 30.5. The maximum atomic E-state index is 6.39. The molecule has 252 valence electrons. The highest BCUT2D eigenvalue weighted by Gasteiger charge is 2.20. The minimum Gasteiger partial charge on any atom is -0.456 e. The van der Waals surface area contributed by atoms with Crippen LogP contribution in [0.25, 0.3) is 87.3 Å². The molecule has 10 aromatic carbocycles. The molecule has 11 aromatic rings. The van der Waals surface area contributed by atoms with Crippen LogP contribution in [-0.4, -0.2) is 0 Å². The van der Waals surface area contributed by atoms with E-state index in [0.29, 0.717) is 0 Å². The Morgan fingerprint density at radius 2 is 0.759 bits per heavy atom. The molecule has 0 unspecified atom stereocenters. The largest absolute Gasteiger partial charge is 0.456 e. The lowest BCUT2D eigenvalue weighted by Gasteiger charge is -2.27. The van der Waals surface area contributed by atoms with Crippen molar-refractivity contribution < 1.29 is 4.42 Å². The first-order valence-electron chi connectivity index (χ1n) is 18.5. The highest BCUT2D eigenvalue weighted by atomic mass is 16.3. The van der Waals surface area contributed by atoms with E-state index in [9.17, 15) is 0 Å². The summed E-state index contributed by atoms with van der Waals surface area (Å²) in [6, 6.07) is 72.3. The lowest BCUT2D eigenvalue weighted by molar-refractivity contribution is 0.669. The normalized spacial score (nSPS) is 11.7. The van der Waals surface area contributed by atoms with Crippen molar-refractivity contribution in [2.24, 2.45) is 0 Å². The molecule has 0 fully saturated rings. The summed E-state index contributed by atoms with van der Waals surface area (Å²) in [4.78, 5) is 2.37. The minimum absolute atomic E-state index is 0.873. The maximum Gasteiger partial charge on any atom is 0.137 e. The van der Waals surface area contributed by atoms with Gasteiger partial charge in [-0.15, -0.1) is 0 Å². The summed E-state index contributed by atoms with van der Waals surface area (Å²) in [5.41, 5.74) is 9.81. The van der Waals surface area contributed by atoms with Crippen LogP contribution < -0.4 is 4.90 Å². The molecule has 0 saturated heterocycles. The van der Waals surface area contributed by atoms with Crippen molar-refractivity contribution in [2.75, 3.05) is 4.90 Å². The van der Waals surface area contributed by atoms with Gasteiger partial charge in [-0.25, -0.2) is 0 Å². The maximum absolute atomic E-state index is 6.39. The Kier molecular flexibility index (Phi) is 6.90. The fraction of sp³-hybridized carbons (Fsp3) is 0. The fourth-order valence-corrected chi connectivity index (χ4v) is 8.53. The molecule has 0 bridgehead atoms. The van der Waals surface area contributed by atoms with E-state index in [2.05, 4.69) is 193 Å². The molecule has 2 nitrogen and oxygen atoms in total. The zero-order valence-corrected chi connectivity index (χ0v) is 29.4. The van der Waals surface area contributed by atoms with Gasteiger partial charge in [0.2, 0.25) is 0 Å². The molecule has 0 radical (unpaired) electrons. The van der Waals surface area contributed by atoms with Gasteiger partial charge in [0.1, 0.15) is 11.2 Å². The number of rotatable bonds is 5. The van der Waals surface area contributed by atoms with Gasteiger partial charge < -0.3 is 9.32 Å². The van der Waals surface area contributed by atoms with Gasteiger partial charge in [-0.2, -0.15) is 0 Å². The third-order valence-electron chi connectivity index (χ3n) is 11.1. The van der Waals surface area contributed by atoms with E-state index in [1.165, 1.54) is 65.3 Å². The number of benzene rings is 10. The summed E-state index contributed by atoms with van der Waals surface area (Å²) >= 11 is 0. The average Bonchev–Trinajstić information content (AvgIpc) is 3.63. The van der Waals surface area contributed by atoms with Crippen molar-refractivity contribution in [3.05, 3.63) is 200 Å². The van der Waals surface area contributed by atoms with Gasteiger partial charge in [-0.05, 0) is 108 Å².